The summed E-state index contributed by atoms with van der Waals surface area (Å²) >= 11 is 0. The van der Waals surface area contributed by atoms with Crippen molar-refractivity contribution in [1.82, 2.24) is 0 Å². The minimum absolute atomic E-state index is 1.29. The van der Waals surface area contributed by atoms with E-state index in [4.69, 9.17) is 0 Å². The summed E-state index contributed by atoms with van der Waals surface area (Å²) in [5, 5.41) is 18.8. The molecule has 0 amide bonds. The van der Waals surface area contributed by atoms with Gasteiger partial charge >= 0.3 is 0 Å². The lowest BCUT2D eigenvalue weighted by Gasteiger charge is -2.18. The highest BCUT2D eigenvalue weighted by Crippen LogP contribution is 2.46. The van der Waals surface area contributed by atoms with Gasteiger partial charge in [0.25, 0.3) is 0 Å². The Labute approximate surface area is 184 Å². The summed E-state index contributed by atoms with van der Waals surface area (Å²) < 4.78 is 0. The first kappa shape index (κ1) is 16.5. The van der Waals surface area contributed by atoms with E-state index in [2.05, 4.69) is 109 Å². The van der Waals surface area contributed by atoms with Crippen molar-refractivity contribution < 1.29 is 0 Å². The first-order valence-electron chi connectivity index (χ1n) is 11.2. The normalized spacial score (nSPS) is 12.4. The van der Waals surface area contributed by atoms with E-state index in [1.807, 2.05) is 0 Å². The van der Waals surface area contributed by atoms with Gasteiger partial charge in [-0.3, -0.25) is 0 Å². The maximum Gasteiger partial charge on any atom is -0.000763 e. The van der Waals surface area contributed by atoms with Gasteiger partial charge in [-0.1, -0.05) is 103 Å². The van der Waals surface area contributed by atoms with Crippen LogP contribution >= 0.6 is 0 Å². The Hall–Kier alpha value is -4.16. The van der Waals surface area contributed by atoms with E-state index in [0.717, 1.165) is 0 Å². The van der Waals surface area contributed by atoms with E-state index in [1.54, 1.807) is 0 Å². The number of hydrogen-bond acceptors (Lipinski definition) is 0. The van der Waals surface area contributed by atoms with Gasteiger partial charge in [-0.15, -0.1) is 0 Å². The summed E-state index contributed by atoms with van der Waals surface area (Å²) in [6, 6.07) is 40.5. The van der Waals surface area contributed by atoms with Gasteiger partial charge in [-0.25, -0.2) is 0 Å². The van der Waals surface area contributed by atoms with Gasteiger partial charge in [0.15, 0.2) is 0 Å². The van der Waals surface area contributed by atoms with Crippen LogP contribution in [0, 0.1) is 0 Å². The minimum atomic E-state index is 1.29. The Kier molecular flexibility index (Phi) is 2.97. The molecule has 146 valence electrons. The first-order valence-corrected chi connectivity index (χ1v) is 11.2. The second-order valence-electron chi connectivity index (χ2n) is 8.91. The predicted molar refractivity (Wildman–Crippen MR) is 140 cm³/mol. The number of rotatable bonds is 0. The van der Waals surface area contributed by atoms with Crippen LogP contribution in [0.1, 0.15) is 0 Å². The second kappa shape index (κ2) is 5.75. The topological polar surface area (TPSA) is 0 Å². The van der Waals surface area contributed by atoms with Crippen LogP contribution in [0.25, 0.3) is 75.4 Å². The molecule has 0 spiro atoms. The lowest BCUT2D eigenvalue weighted by molar-refractivity contribution is 1.79. The molecule has 0 saturated carbocycles. The van der Waals surface area contributed by atoms with Gasteiger partial charge in [0.2, 0.25) is 0 Å². The molecule has 0 aliphatic rings. The average molecular weight is 402 g/mol. The van der Waals surface area contributed by atoms with Crippen molar-refractivity contribution in [1.29, 1.82) is 0 Å². The van der Waals surface area contributed by atoms with Crippen LogP contribution in [0.3, 0.4) is 0 Å². The zero-order valence-corrected chi connectivity index (χ0v) is 17.4. The van der Waals surface area contributed by atoms with E-state index >= 15 is 0 Å². The third-order valence-corrected chi connectivity index (χ3v) is 7.34. The molecule has 0 fully saturated rings. The Morgan fingerprint density at radius 1 is 0.250 bits per heavy atom. The van der Waals surface area contributed by atoms with Gasteiger partial charge in [0.05, 0.1) is 0 Å². The zero-order valence-electron chi connectivity index (χ0n) is 17.4. The Morgan fingerprint density at radius 2 is 0.812 bits per heavy atom. The van der Waals surface area contributed by atoms with Crippen LogP contribution in [0.2, 0.25) is 0 Å². The van der Waals surface area contributed by atoms with Crippen LogP contribution in [0.15, 0.2) is 109 Å². The molecular weight excluding hydrogens is 384 g/mol. The third-order valence-electron chi connectivity index (χ3n) is 7.34. The lowest BCUT2D eigenvalue weighted by atomic mass is 9.84. The fourth-order valence-electron chi connectivity index (χ4n) is 5.99. The number of hydrogen-bond donors (Lipinski definition) is 0. The SMILES string of the molecule is c1ccc2c(c1)ccc1c2cc2ccc3cccc4c5ccc6ccccc6c5c1c2c34. The van der Waals surface area contributed by atoms with Gasteiger partial charge in [0, 0.05) is 0 Å². The molecule has 0 N–H and O–H groups in total. The molecule has 32 heavy (non-hydrogen) atoms. The summed E-state index contributed by atoms with van der Waals surface area (Å²) in [6.07, 6.45) is 0. The maximum atomic E-state index is 2.41. The van der Waals surface area contributed by atoms with Crippen molar-refractivity contribution in [3.8, 4) is 0 Å². The molecule has 8 aromatic carbocycles. The highest BCUT2D eigenvalue weighted by molar-refractivity contribution is 6.42. The molecule has 0 atom stereocenters. The molecule has 0 aromatic heterocycles. The van der Waals surface area contributed by atoms with E-state index in [9.17, 15) is 0 Å². The van der Waals surface area contributed by atoms with E-state index in [-0.39, 0.29) is 0 Å². The van der Waals surface area contributed by atoms with Gasteiger partial charge in [-0.05, 0) is 81.5 Å². The Morgan fingerprint density at radius 3 is 1.66 bits per heavy atom. The van der Waals surface area contributed by atoms with Crippen molar-refractivity contribution in [2.24, 2.45) is 0 Å². The van der Waals surface area contributed by atoms with Crippen molar-refractivity contribution in [3.05, 3.63) is 109 Å². The Bertz CT molecular complexity index is 2020. The van der Waals surface area contributed by atoms with Gasteiger partial charge in [0.1, 0.15) is 0 Å². The quantitative estimate of drug-likeness (QED) is 0.175. The first-order chi connectivity index (χ1) is 15.9. The van der Waals surface area contributed by atoms with Crippen LogP contribution < -0.4 is 0 Å². The van der Waals surface area contributed by atoms with Crippen molar-refractivity contribution in [2.75, 3.05) is 0 Å². The van der Waals surface area contributed by atoms with E-state index in [0.29, 0.717) is 0 Å². The molecule has 0 aliphatic carbocycles. The highest BCUT2D eigenvalue weighted by Gasteiger charge is 2.18. The molecule has 8 aromatic rings. The predicted octanol–water partition coefficient (Wildman–Crippen LogP) is 9.20. The third kappa shape index (κ3) is 1.93. The van der Waals surface area contributed by atoms with Crippen LogP contribution in [-0.2, 0) is 0 Å². The van der Waals surface area contributed by atoms with Crippen molar-refractivity contribution in [2.45, 2.75) is 0 Å². The summed E-state index contributed by atoms with van der Waals surface area (Å²) in [5.74, 6) is 0. The van der Waals surface area contributed by atoms with E-state index in [1.165, 1.54) is 75.4 Å². The Balaban J connectivity index is 1.83. The molecule has 0 aliphatic heterocycles. The van der Waals surface area contributed by atoms with Crippen LogP contribution in [-0.4, -0.2) is 0 Å². The molecule has 0 heteroatoms. The van der Waals surface area contributed by atoms with E-state index < -0.39 is 0 Å². The monoisotopic (exact) mass is 402 g/mol. The average Bonchev–Trinajstić information content (AvgIpc) is 2.86. The van der Waals surface area contributed by atoms with Crippen LogP contribution in [0.5, 0.6) is 0 Å². The van der Waals surface area contributed by atoms with Crippen molar-refractivity contribution >= 4 is 75.4 Å². The zero-order chi connectivity index (χ0) is 20.8. The molecule has 0 saturated heterocycles. The fraction of sp³-hybridized carbons (Fsp3) is 0. The molecule has 0 radical (unpaired) electrons. The molecule has 8 rings (SSSR count). The minimum Gasteiger partial charge on any atom is -0.0616 e. The number of benzene rings is 8. The summed E-state index contributed by atoms with van der Waals surface area (Å²) in [4.78, 5) is 0. The molecule has 0 nitrogen and oxygen atoms in total. The van der Waals surface area contributed by atoms with Crippen molar-refractivity contribution in [3.63, 3.8) is 0 Å². The number of fused-ring (bicyclic) bond motifs is 9. The summed E-state index contributed by atoms with van der Waals surface area (Å²) in [7, 11) is 0. The summed E-state index contributed by atoms with van der Waals surface area (Å²) in [5.41, 5.74) is 0. The summed E-state index contributed by atoms with van der Waals surface area (Å²) in [6.45, 7) is 0. The fourth-order valence-corrected chi connectivity index (χ4v) is 5.99. The van der Waals surface area contributed by atoms with Gasteiger partial charge < -0.3 is 0 Å². The van der Waals surface area contributed by atoms with Crippen LogP contribution in [0.4, 0.5) is 0 Å². The smallest absolute Gasteiger partial charge is 0.000763 e. The largest absolute Gasteiger partial charge is 0.0616 e. The lowest BCUT2D eigenvalue weighted by Crippen LogP contribution is -1.90. The second-order valence-corrected chi connectivity index (χ2v) is 8.91. The molecule has 0 heterocycles. The standard InChI is InChI=1S/C32H18/c1-3-9-23-19(6-1)14-17-27-28(23)18-22-13-12-21-8-5-11-25-26-16-15-20-7-2-4-10-24(20)31(26)32(27)30(22)29(21)25/h1-18H. The highest BCUT2D eigenvalue weighted by atomic mass is 14.2. The van der Waals surface area contributed by atoms with Gasteiger partial charge in [-0.2, -0.15) is 0 Å². The molecular formula is C32H18. The molecule has 0 unspecified atom stereocenters. The molecule has 0 bridgehead atoms. The maximum absolute atomic E-state index is 2.41.